The van der Waals surface area contributed by atoms with Gasteiger partial charge in [0.2, 0.25) is 0 Å². The normalized spacial score (nSPS) is 18.3. The lowest BCUT2D eigenvalue weighted by molar-refractivity contribution is -0.122. The SMILES string of the molecule is CCN1C(=O)/C(=C/C=C/c2ccccc2)SC1=S. The number of thiocarbonyl (C=S) groups is 1. The molecule has 0 atom stereocenters. The molecule has 1 aliphatic heterocycles. The Kier molecular flexibility index (Phi) is 4.33. The van der Waals surface area contributed by atoms with Crippen molar-refractivity contribution in [2.24, 2.45) is 0 Å². The number of rotatable bonds is 3. The van der Waals surface area contributed by atoms with Gasteiger partial charge in [0.25, 0.3) is 5.91 Å². The van der Waals surface area contributed by atoms with Crippen LogP contribution in [0.25, 0.3) is 6.08 Å². The summed E-state index contributed by atoms with van der Waals surface area (Å²) in [7, 11) is 0. The van der Waals surface area contributed by atoms with Gasteiger partial charge < -0.3 is 0 Å². The average molecular weight is 275 g/mol. The minimum atomic E-state index is 0.00483. The van der Waals surface area contributed by atoms with Crippen LogP contribution in [0, 0.1) is 0 Å². The van der Waals surface area contributed by atoms with Gasteiger partial charge in [-0.25, -0.2) is 0 Å². The van der Waals surface area contributed by atoms with Gasteiger partial charge in [0, 0.05) is 6.54 Å². The molecular weight excluding hydrogens is 262 g/mol. The van der Waals surface area contributed by atoms with E-state index in [1.165, 1.54) is 11.8 Å². The van der Waals surface area contributed by atoms with Crippen molar-refractivity contribution in [2.75, 3.05) is 6.54 Å². The van der Waals surface area contributed by atoms with E-state index in [0.717, 1.165) is 5.56 Å². The first kappa shape index (κ1) is 13.1. The van der Waals surface area contributed by atoms with Gasteiger partial charge in [-0.1, -0.05) is 66.5 Å². The minimum absolute atomic E-state index is 0.00483. The third-order valence-corrected chi connectivity index (χ3v) is 3.92. The standard InChI is InChI=1S/C14H13NOS2/c1-2-15-13(16)12(18-14(15)17)10-6-9-11-7-4-3-5-8-11/h3-10H,2H2,1H3/b9-6+,12-10-. The van der Waals surface area contributed by atoms with Crippen LogP contribution in [0.5, 0.6) is 0 Å². The molecule has 4 heteroatoms. The largest absolute Gasteiger partial charge is 0.293 e. The fraction of sp³-hybridized carbons (Fsp3) is 0.143. The second-order valence-electron chi connectivity index (χ2n) is 3.72. The van der Waals surface area contributed by atoms with E-state index in [9.17, 15) is 4.79 Å². The van der Waals surface area contributed by atoms with Crippen molar-refractivity contribution in [2.45, 2.75) is 6.92 Å². The zero-order chi connectivity index (χ0) is 13.0. The van der Waals surface area contributed by atoms with Gasteiger partial charge in [-0.05, 0) is 18.6 Å². The Balaban J connectivity index is 2.09. The van der Waals surface area contributed by atoms with Gasteiger partial charge in [-0.15, -0.1) is 0 Å². The van der Waals surface area contributed by atoms with E-state index < -0.39 is 0 Å². The number of hydrogen-bond acceptors (Lipinski definition) is 3. The number of allylic oxidation sites excluding steroid dienone is 2. The number of carbonyl (C=O) groups excluding carboxylic acids is 1. The van der Waals surface area contributed by atoms with E-state index in [1.54, 1.807) is 4.90 Å². The average Bonchev–Trinajstić information content (AvgIpc) is 2.65. The van der Waals surface area contributed by atoms with Crippen molar-refractivity contribution in [1.82, 2.24) is 4.90 Å². The first-order valence-corrected chi connectivity index (χ1v) is 6.92. The molecule has 1 aliphatic rings. The lowest BCUT2D eigenvalue weighted by atomic mass is 10.2. The van der Waals surface area contributed by atoms with Gasteiger partial charge in [-0.3, -0.25) is 9.69 Å². The Morgan fingerprint density at radius 3 is 2.67 bits per heavy atom. The van der Waals surface area contributed by atoms with Gasteiger partial charge in [0.05, 0.1) is 4.91 Å². The van der Waals surface area contributed by atoms with Crippen molar-refractivity contribution >= 4 is 40.3 Å². The molecule has 1 fully saturated rings. The molecule has 0 bridgehead atoms. The highest BCUT2D eigenvalue weighted by Crippen LogP contribution is 2.30. The van der Waals surface area contributed by atoms with E-state index in [0.29, 0.717) is 15.8 Å². The quantitative estimate of drug-likeness (QED) is 0.622. The maximum atomic E-state index is 11.9. The van der Waals surface area contributed by atoms with Gasteiger partial charge in [-0.2, -0.15) is 0 Å². The van der Waals surface area contributed by atoms with E-state index in [1.807, 2.05) is 55.5 Å². The van der Waals surface area contributed by atoms with Crippen molar-refractivity contribution < 1.29 is 4.79 Å². The lowest BCUT2D eigenvalue weighted by Gasteiger charge is -2.09. The van der Waals surface area contributed by atoms with Crippen molar-refractivity contribution in [3.8, 4) is 0 Å². The predicted molar refractivity (Wildman–Crippen MR) is 81.1 cm³/mol. The van der Waals surface area contributed by atoms with Crippen molar-refractivity contribution in [1.29, 1.82) is 0 Å². The monoisotopic (exact) mass is 275 g/mol. The smallest absolute Gasteiger partial charge is 0.266 e. The van der Waals surface area contributed by atoms with Crippen LogP contribution in [0.4, 0.5) is 0 Å². The topological polar surface area (TPSA) is 20.3 Å². The molecule has 0 unspecified atom stereocenters. The number of nitrogens with zero attached hydrogens (tertiary/aromatic N) is 1. The molecule has 1 heterocycles. The van der Waals surface area contributed by atoms with Gasteiger partial charge in [0.1, 0.15) is 4.32 Å². The summed E-state index contributed by atoms with van der Waals surface area (Å²) in [6.45, 7) is 2.55. The number of carbonyl (C=O) groups is 1. The first-order valence-electron chi connectivity index (χ1n) is 5.69. The highest BCUT2D eigenvalue weighted by atomic mass is 32.2. The lowest BCUT2D eigenvalue weighted by Crippen LogP contribution is -2.27. The Morgan fingerprint density at radius 2 is 2.06 bits per heavy atom. The molecule has 0 N–H and O–H groups in total. The van der Waals surface area contributed by atoms with Crippen molar-refractivity contribution in [3.63, 3.8) is 0 Å². The maximum Gasteiger partial charge on any atom is 0.266 e. The summed E-state index contributed by atoms with van der Waals surface area (Å²) in [5, 5.41) is 0. The number of benzene rings is 1. The highest BCUT2D eigenvalue weighted by Gasteiger charge is 2.29. The zero-order valence-corrected chi connectivity index (χ0v) is 11.6. The van der Waals surface area contributed by atoms with Crippen LogP contribution < -0.4 is 0 Å². The fourth-order valence-corrected chi connectivity index (χ4v) is 2.93. The number of hydrogen-bond donors (Lipinski definition) is 0. The fourth-order valence-electron chi connectivity index (χ4n) is 1.60. The Hall–Kier alpha value is -1.39. The summed E-state index contributed by atoms with van der Waals surface area (Å²) in [5.41, 5.74) is 1.11. The Bertz CT molecular complexity index is 520. The molecule has 2 rings (SSSR count). The zero-order valence-electron chi connectivity index (χ0n) is 10.00. The van der Waals surface area contributed by atoms with Crippen LogP contribution in [0.2, 0.25) is 0 Å². The molecule has 0 aromatic heterocycles. The molecule has 1 saturated heterocycles. The van der Waals surface area contributed by atoms with Crippen LogP contribution >= 0.6 is 24.0 Å². The highest BCUT2D eigenvalue weighted by molar-refractivity contribution is 8.26. The molecule has 0 radical (unpaired) electrons. The molecule has 18 heavy (non-hydrogen) atoms. The van der Waals surface area contributed by atoms with E-state index >= 15 is 0 Å². The van der Waals surface area contributed by atoms with E-state index in [4.69, 9.17) is 12.2 Å². The molecule has 0 saturated carbocycles. The Morgan fingerprint density at radius 1 is 1.33 bits per heavy atom. The van der Waals surface area contributed by atoms with E-state index in [-0.39, 0.29) is 5.91 Å². The third kappa shape index (κ3) is 2.89. The van der Waals surface area contributed by atoms with Crippen LogP contribution in [-0.4, -0.2) is 21.7 Å². The molecule has 1 aromatic rings. The molecule has 0 aliphatic carbocycles. The first-order chi connectivity index (χ1) is 8.72. The second kappa shape index (κ2) is 5.98. The second-order valence-corrected chi connectivity index (χ2v) is 5.39. The summed E-state index contributed by atoms with van der Waals surface area (Å²) in [6.07, 6.45) is 5.68. The molecule has 1 amide bonds. The van der Waals surface area contributed by atoms with Crippen LogP contribution in [0.15, 0.2) is 47.4 Å². The van der Waals surface area contributed by atoms with E-state index in [2.05, 4.69) is 0 Å². The summed E-state index contributed by atoms with van der Waals surface area (Å²) in [4.78, 5) is 14.2. The molecular formula is C14H13NOS2. The summed E-state index contributed by atoms with van der Waals surface area (Å²) >= 11 is 6.50. The number of thioether (sulfide) groups is 1. The third-order valence-electron chi connectivity index (χ3n) is 2.53. The minimum Gasteiger partial charge on any atom is -0.293 e. The van der Waals surface area contributed by atoms with Crippen LogP contribution in [-0.2, 0) is 4.79 Å². The molecule has 1 aromatic carbocycles. The predicted octanol–water partition coefficient (Wildman–Crippen LogP) is 3.46. The summed E-state index contributed by atoms with van der Waals surface area (Å²) in [6, 6.07) is 9.97. The maximum absolute atomic E-state index is 11.9. The Labute approximate surface area is 116 Å². The van der Waals surface area contributed by atoms with Gasteiger partial charge in [0.15, 0.2) is 0 Å². The summed E-state index contributed by atoms with van der Waals surface area (Å²) in [5.74, 6) is 0.00483. The number of likely N-dealkylation sites (N-methyl/N-ethyl adjacent to an activating group) is 1. The van der Waals surface area contributed by atoms with Crippen LogP contribution in [0.3, 0.4) is 0 Å². The van der Waals surface area contributed by atoms with Gasteiger partial charge >= 0.3 is 0 Å². The summed E-state index contributed by atoms with van der Waals surface area (Å²) < 4.78 is 0.641. The molecule has 2 nitrogen and oxygen atoms in total. The molecule has 0 spiro atoms. The number of amides is 1. The molecule has 92 valence electrons. The van der Waals surface area contributed by atoms with Crippen molar-refractivity contribution in [3.05, 3.63) is 53.0 Å². The van der Waals surface area contributed by atoms with Crippen LogP contribution in [0.1, 0.15) is 12.5 Å².